The number of piperazine rings is 1. The average molecular weight is 517 g/mol. The van der Waals surface area contributed by atoms with E-state index in [0.717, 1.165) is 31.7 Å². The Balaban J connectivity index is 1.46. The molecule has 0 amide bonds. The topological polar surface area (TPSA) is 105 Å². The zero-order valence-electron chi connectivity index (χ0n) is 20.9. The monoisotopic (exact) mass is 516 g/mol. The van der Waals surface area contributed by atoms with E-state index in [-0.39, 0.29) is 34.7 Å². The van der Waals surface area contributed by atoms with Crippen LogP contribution in [0.1, 0.15) is 51.1 Å². The lowest BCUT2D eigenvalue weighted by atomic mass is 10.1. The Morgan fingerprint density at radius 1 is 1.05 bits per heavy atom. The Bertz CT molecular complexity index is 1340. The number of nitrogens with two attached hydrogens (primary N) is 1. The third kappa shape index (κ3) is 5.07. The molecule has 3 aromatic rings. The van der Waals surface area contributed by atoms with Crippen molar-refractivity contribution in [1.29, 1.82) is 0 Å². The van der Waals surface area contributed by atoms with E-state index in [2.05, 4.69) is 39.0 Å². The van der Waals surface area contributed by atoms with Crippen molar-refractivity contribution in [2.24, 2.45) is 0 Å². The van der Waals surface area contributed by atoms with Gasteiger partial charge in [0.1, 0.15) is 11.5 Å². The lowest BCUT2D eigenvalue weighted by Gasteiger charge is -2.38. The molecule has 12 heteroatoms. The Morgan fingerprint density at radius 3 is 2.41 bits per heavy atom. The van der Waals surface area contributed by atoms with Crippen LogP contribution in [0.2, 0.25) is 0 Å². The van der Waals surface area contributed by atoms with Crippen LogP contribution in [0.5, 0.6) is 0 Å². The molecule has 9 nitrogen and oxygen atoms in total. The van der Waals surface area contributed by atoms with Gasteiger partial charge in [0.2, 0.25) is 5.95 Å². The van der Waals surface area contributed by atoms with Crippen LogP contribution < -0.4 is 21.5 Å². The minimum Gasteiger partial charge on any atom is -0.394 e. The summed E-state index contributed by atoms with van der Waals surface area (Å²) in [5.41, 5.74) is 5.44. The molecule has 198 valence electrons. The van der Waals surface area contributed by atoms with Gasteiger partial charge in [0.05, 0.1) is 23.1 Å². The van der Waals surface area contributed by atoms with Gasteiger partial charge < -0.3 is 16.0 Å². The maximum Gasteiger partial charge on any atom is 0.418 e. The molecule has 0 bridgehead atoms. The number of pyridine rings is 2. The van der Waals surface area contributed by atoms with Gasteiger partial charge >= 0.3 is 6.18 Å². The minimum absolute atomic E-state index is 0.0216. The van der Waals surface area contributed by atoms with Crippen LogP contribution in [0.15, 0.2) is 29.3 Å². The zero-order chi connectivity index (χ0) is 26.3. The summed E-state index contributed by atoms with van der Waals surface area (Å²) in [6.07, 6.45) is 1.91. The number of hydrogen-bond acceptors (Lipinski definition) is 8. The summed E-state index contributed by atoms with van der Waals surface area (Å²) < 4.78 is 43.8. The quantitative estimate of drug-likeness (QED) is 0.521. The Kier molecular flexibility index (Phi) is 6.69. The molecule has 1 aliphatic carbocycles. The number of nitrogens with one attached hydrogen (secondary N) is 1. The summed E-state index contributed by atoms with van der Waals surface area (Å²) in [4.78, 5) is 29.8. The summed E-state index contributed by atoms with van der Waals surface area (Å²) in [5, 5.41) is 3.40. The number of anilines is 4. The second-order valence-corrected chi connectivity index (χ2v) is 10.0. The Labute approximate surface area is 212 Å². The number of alkyl halides is 3. The smallest absolute Gasteiger partial charge is 0.394 e. The summed E-state index contributed by atoms with van der Waals surface area (Å²) in [6.45, 7) is 6.52. The molecule has 0 unspecified atom stereocenters. The third-order valence-electron chi connectivity index (χ3n) is 7.30. The number of aromatic nitrogens is 4. The molecule has 0 spiro atoms. The van der Waals surface area contributed by atoms with Gasteiger partial charge in [-0.3, -0.25) is 14.3 Å². The molecule has 4 heterocycles. The van der Waals surface area contributed by atoms with Crippen molar-refractivity contribution in [3.05, 3.63) is 40.4 Å². The zero-order valence-corrected chi connectivity index (χ0v) is 20.9. The highest BCUT2D eigenvalue weighted by atomic mass is 19.4. The Morgan fingerprint density at radius 2 is 1.76 bits per heavy atom. The highest BCUT2D eigenvalue weighted by Crippen LogP contribution is 2.38. The van der Waals surface area contributed by atoms with E-state index in [0.29, 0.717) is 43.3 Å². The van der Waals surface area contributed by atoms with E-state index in [1.165, 1.54) is 18.5 Å². The van der Waals surface area contributed by atoms with E-state index in [1.807, 2.05) is 0 Å². The van der Waals surface area contributed by atoms with Gasteiger partial charge in [0.25, 0.3) is 5.56 Å². The minimum atomic E-state index is -4.56. The van der Waals surface area contributed by atoms with Crippen molar-refractivity contribution in [2.45, 2.75) is 57.8 Å². The fourth-order valence-electron chi connectivity index (χ4n) is 5.29. The van der Waals surface area contributed by atoms with Crippen molar-refractivity contribution < 1.29 is 13.2 Å². The standard InChI is InChI=1S/C25H31F3N8O/c1-15(2)34-7-9-35(10-8-34)20-14-30-21(12-18(20)25(26,27)28)32-24-31-13-16-11-19(29)23(37)36(22(16)33-24)17-5-3-4-6-17/h11-15,17H,3-10,29H2,1-2H3,(H,30,31,32,33). The first-order valence-corrected chi connectivity index (χ1v) is 12.6. The van der Waals surface area contributed by atoms with E-state index >= 15 is 0 Å². The predicted octanol–water partition coefficient (Wildman–Crippen LogP) is 4.18. The van der Waals surface area contributed by atoms with Crippen molar-refractivity contribution in [3.63, 3.8) is 0 Å². The second-order valence-electron chi connectivity index (χ2n) is 10.0. The van der Waals surface area contributed by atoms with Crippen LogP contribution in [-0.2, 0) is 6.18 Å². The van der Waals surface area contributed by atoms with Crippen LogP contribution in [-0.4, -0.2) is 56.6 Å². The van der Waals surface area contributed by atoms with Gasteiger partial charge in [-0.05, 0) is 38.8 Å². The molecule has 1 saturated heterocycles. The molecule has 1 aliphatic heterocycles. The number of rotatable bonds is 5. The molecule has 3 aromatic heterocycles. The lowest BCUT2D eigenvalue weighted by molar-refractivity contribution is -0.137. The molecular weight excluding hydrogens is 485 g/mol. The fraction of sp³-hybridized carbons (Fsp3) is 0.520. The van der Waals surface area contributed by atoms with Gasteiger partial charge in [0, 0.05) is 49.8 Å². The number of halogens is 3. The van der Waals surface area contributed by atoms with E-state index in [1.54, 1.807) is 9.47 Å². The van der Waals surface area contributed by atoms with Crippen LogP contribution in [0.25, 0.3) is 11.0 Å². The maximum atomic E-state index is 14.1. The first-order valence-electron chi connectivity index (χ1n) is 12.6. The molecule has 37 heavy (non-hydrogen) atoms. The third-order valence-corrected chi connectivity index (χ3v) is 7.30. The normalized spacial score (nSPS) is 17.7. The van der Waals surface area contributed by atoms with Crippen molar-refractivity contribution in [3.8, 4) is 0 Å². The molecule has 0 aromatic carbocycles. The molecule has 2 aliphatic rings. The van der Waals surface area contributed by atoms with Crippen LogP contribution in [0.4, 0.5) is 36.3 Å². The van der Waals surface area contributed by atoms with Gasteiger partial charge in [0.15, 0.2) is 0 Å². The van der Waals surface area contributed by atoms with Crippen molar-refractivity contribution in [1.82, 2.24) is 24.4 Å². The lowest BCUT2D eigenvalue weighted by Crippen LogP contribution is -2.49. The first-order chi connectivity index (χ1) is 17.6. The van der Waals surface area contributed by atoms with E-state index in [9.17, 15) is 18.0 Å². The number of fused-ring (bicyclic) bond motifs is 1. The fourth-order valence-corrected chi connectivity index (χ4v) is 5.29. The van der Waals surface area contributed by atoms with Crippen LogP contribution in [0, 0.1) is 0 Å². The highest BCUT2D eigenvalue weighted by Gasteiger charge is 2.36. The van der Waals surface area contributed by atoms with Gasteiger partial charge in [-0.25, -0.2) is 9.97 Å². The largest absolute Gasteiger partial charge is 0.418 e. The van der Waals surface area contributed by atoms with Crippen molar-refractivity contribution in [2.75, 3.05) is 42.1 Å². The molecule has 1 saturated carbocycles. The molecule has 2 fully saturated rings. The average Bonchev–Trinajstić information content (AvgIpc) is 3.39. The Hall–Kier alpha value is -3.41. The second kappa shape index (κ2) is 9.81. The summed E-state index contributed by atoms with van der Waals surface area (Å²) in [7, 11) is 0. The summed E-state index contributed by atoms with van der Waals surface area (Å²) in [5.74, 6) is 0.0313. The summed E-state index contributed by atoms with van der Waals surface area (Å²) in [6, 6.07) is 2.84. The van der Waals surface area contributed by atoms with Gasteiger partial charge in [-0.15, -0.1) is 0 Å². The SMILES string of the molecule is CC(C)N1CCN(c2cnc(Nc3ncc4cc(N)c(=O)n(C5CCCC5)c4n3)cc2C(F)(F)F)CC1. The van der Waals surface area contributed by atoms with Gasteiger partial charge in [-0.1, -0.05) is 12.8 Å². The number of nitrogen functional groups attached to an aromatic ring is 1. The van der Waals surface area contributed by atoms with Crippen LogP contribution >= 0.6 is 0 Å². The molecule has 3 N–H and O–H groups in total. The van der Waals surface area contributed by atoms with Gasteiger partial charge in [-0.2, -0.15) is 18.2 Å². The maximum absolute atomic E-state index is 14.1. The molecule has 0 atom stereocenters. The summed E-state index contributed by atoms with van der Waals surface area (Å²) >= 11 is 0. The molecular formula is C25H31F3N8O. The van der Waals surface area contributed by atoms with Crippen molar-refractivity contribution >= 4 is 34.2 Å². The first kappa shape index (κ1) is 25.2. The highest BCUT2D eigenvalue weighted by molar-refractivity contribution is 5.79. The predicted molar refractivity (Wildman–Crippen MR) is 137 cm³/mol. The van der Waals surface area contributed by atoms with E-state index in [4.69, 9.17) is 5.73 Å². The molecule has 5 rings (SSSR count). The molecule has 0 radical (unpaired) electrons. The number of hydrogen-bond donors (Lipinski definition) is 2. The number of nitrogens with zero attached hydrogens (tertiary/aromatic N) is 6. The van der Waals surface area contributed by atoms with E-state index < -0.39 is 11.7 Å². The van der Waals surface area contributed by atoms with Crippen LogP contribution in [0.3, 0.4) is 0 Å².